The van der Waals surface area contributed by atoms with Crippen LogP contribution < -0.4 is 15.6 Å². The topological polar surface area (TPSA) is 93.8 Å². The summed E-state index contributed by atoms with van der Waals surface area (Å²) in [5, 5.41) is -2.49. The normalized spacial score (nSPS) is 38.0. The number of alkyl halides is 3. The van der Waals surface area contributed by atoms with Crippen LogP contribution in [-0.4, -0.2) is 71.2 Å². The molecule has 160 valence electrons. The fourth-order valence-corrected chi connectivity index (χ4v) is 7.24. The zero-order chi connectivity index (χ0) is 20.5. The Morgan fingerprint density at radius 2 is 1.89 bits per heavy atom. The van der Waals surface area contributed by atoms with Crippen LogP contribution in [0.25, 0.3) is 0 Å². The SMILES string of the molecule is CN1C(=O)N(C2NNC(C(F)(F)F)S2)C2CC(S(=O)(=O)NC3(C)CC3)CCC21. The Morgan fingerprint density at radius 1 is 1.21 bits per heavy atom. The number of hydrogen-bond donors (Lipinski definition) is 3. The molecule has 5 atom stereocenters. The molecule has 2 heterocycles. The molecule has 5 unspecified atom stereocenters. The molecule has 4 fully saturated rings. The molecule has 0 aromatic rings. The third kappa shape index (κ3) is 3.59. The number of nitrogens with zero attached hydrogens (tertiary/aromatic N) is 2. The average molecular weight is 444 g/mol. The highest BCUT2D eigenvalue weighted by atomic mass is 32.2. The Balaban J connectivity index is 1.51. The van der Waals surface area contributed by atoms with Gasteiger partial charge in [0.25, 0.3) is 0 Å². The van der Waals surface area contributed by atoms with Crippen molar-refractivity contribution in [3.05, 3.63) is 0 Å². The van der Waals surface area contributed by atoms with E-state index in [1.54, 1.807) is 7.05 Å². The van der Waals surface area contributed by atoms with Gasteiger partial charge >= 0.3 is 12.2 Å². The van der Waals surface area contributed by atoms with Crippen LogP contribution in [0.15, 0.2) is 0 Å². The summed E-state index contributed by atoms with van der Waals surface area (Å²) in [5.74, 6) is 0. The van der Waals surface area contributed by atoms with Gasteiger partial charge in [-0.25, -0.2) is 28.8 Å². The third-order valence-corrected chi connectivity index (χ3v) is 9.43. The Morgan fingerprint density at radius 3 is 2.46 bits per heavy atom. The van der Waals surface area contributed by atoms with E-state index < -0.39 is 38.4 Å². The molecule has 4 rings (SSSR count). The zero-order valence-electron chi connectivity index (χ0n) is 15.5. The van der Waals surface area contributed by atoms with Crippen LogP contribution >= 0.6 is 11.8 Å². The van der Waals surface area contributed by atoms with E-state index in [1.165, 1.54) is 9.80 Å². The number of rotatable bonds is 4. The molecule has 0 spiro atoms. The van der Waals surface area contributed by atoms with E-state index in [9.17, 15) is 26.4 Å². The molecule has 0 aromatic heterocycles. The summed E-state index contributed by atoms with van der Waals surface area (Å²) < 4.78 is 67.3. The first-order chi connectivity index (χ1) is 12.9. The summed E-state index contributed by atoms with van der Waals surface area (Å²) in [7, 11) is -1.94. The molecule has 8 nitrogen and oxygen atoms in total. The fraction of sp³-hybridized carbons (Fsp3) is 0.933. The number of carbonyl (C=O) groups is 1. The van der Waals surface area contributed by atoms with E-state index in [0.29, 0.717) is 24.6 Å². The number of urea groups is 1. The maximum absolute atomic E-state index is 13.0. The van der Waals surface area contributed by atoms with Gasteiger partial charge in [0.05, 0.1) is 17.3 Å². The van der Waals surface area contributed by atoms with Crippen LogP contribution in [0.2, 0.25) is 0 Å². The first-order valence-electron chi connectivity index (χ1n) is 9.22. The molecule has 2 aliphatic carbocycles. The van der Waals surface area contributed by atoms with Gasteiger partial charge in [-0.05, 0) is 39.0 Å². The van der Waals surface area contributed by atoms with Crippen LogP contribution in [0, 0.1) is 0 Å². The Kier molecular flexibility index (Phi) is 4.85. The average Bonchev–Trinajstić information content (AvgIpc) is 3.03. The maximum atomic E-state index is 13.0. The van der Waals surface area contributed by atoms with Crippen molar-refractivity contribution in [3.8, 4) is 0 Å². The van der Waals surface area contributed by atoms with Crippen LogP contribution in [-0.2, 0) is 10.0 Å². The van der Waals surface area contributed by atoms with Crippen molar-refractivity contribution in [2.75, 3.05) is 7.05 Å². The van der Waals surface area contributed by atoms with Gasteiger partial charge in [0.1, 0.15) is 5.50 Å². The summed E-state index contributed by atoms with van der Waals surface area (Å²) in [6.45, 7) is 1.86. The van der Waals surface area contributed by atoms with Crippen molar-refractivity contribution in [1.29, 1.82) is 0 Å². The molecule has 0 radical (unpaired) electrons. The number of hydrogen-bond acceptors (Lipinski definition) is 6. The van der Waals surface area contributed by atoms with Crippen LogP contribution in [0.3, 0.4) is 0 Å². The quantitative estimate of drug-likeness (QED) is 0.603. The minimum Gasteiger partial charge on any atom is -0.323 e. The minimum absolute atomic E-state index is 0.206. The number of fused-ring (bicyclic) bond motifs is 1. The van der Waals surface area contributed by atoms with Gasteiger partial charge in [-0.15, -0.1) is 0 Å². The number of hydrazine groups is 1. The van der Waals surface area contributed by atoms with Gasteiger partial charge in [0.2, 0.25) is 10.0 Å². The second kappa shape index (κ2) is 6.62. The van der Waals surface area contributed by atoms with E-state index in [2.05, 4.69) is 15.6 Å². The molecular weight excluding hydrogens is 419 g/mol. The lowest BCUT2D eigenvalue weighted by Gasteiger charge is -2.37. The Hall–Kier alpha value is -0.760. The predicted octanol–water partition coefficient (Wildman–Crippen LogP) is 1.13. The number of carbonyl (C=O) groups excluding carboxylic acids is 1. The highest BCUT2D eigenvalue weighted by Crippen LogP contribution is 2.42. The van der Waals surface area contributed by atoms with Crippen molar-refractivity contribution in [2.24, 2.45) is 0 Å². The molecule has 2 saturated heterocycles. The largest absolute Gasteiger partial charge is 0.414 e. The van der Waals surface area contributed by atoms with E-state index >= 15 is 0 Å². The predicted molar refractivity (Wildman–Crippen MR) is 97.4 cm³/mol. The number of thioether (sulfide) groups is 1. The first kappa shape index (κ1) is 20.5. The second-order valence-electron chi connectivity index (χ2n) is 8.28. The number of sulfonamides is 1. The van der Waals surface area contributed by atoms with Crippen LogP contribution in [0.1, 0.15) is 39.0 Å². The van der Waals surface area contributed by atoms with Crippen molar-refractivity contribution in [3.63, 3.8) is 0 Å². The summed E-state index contributed by atoms with van der Waals surface area (Å²) in [5.41, 5.74) is 3.43. The highest BCUT2D eigenvalue weighted by molar-refractivity contribution is 8.00. The maximum Gasteiger partial charge on any atom is 0.414 e. The van der Waals surface area contributed by atoms with Crippen molar-refractivity contribution >= 4 is 27.8 Å². The van der Waals surface area contributed by atoms with Gasteiger partial charge in [0, 0.05) is 12.6 Å². The van der Waals surface area contributed by atoms with Gasteiger partial charge in [-0.1, -0.05) is 11.8 Å². The molecule has 0 aromatic carbocycles. The van der Waals surface area contributed by atoms with E-state index in [1.807, 2.05) is 6.92 Å². The molecular formula is C15H24F3N5O3S2. The van der Waals surface area contributed by atoms with Crippen molar-refractivity contribution in [2.45, 2.75) is 78.9 Å². The lowest BCUT2D eigenvalue weighted by Crippen LogP contribution is -2.53. The minimum atomic E-state index is -4.46. The lowest BCUT2D eigenvalue weighted by molar-refractivity contribution is -0.134. The van der Waals surface area contributed by atoms with Gasteiger partial charge in [0.15, 0.2) is 5.37 Å². The van der Waals surface area contributed by atoms with Gasteiger partial charge < -0.3 is 4.90 Å². The van der Waals surface area contributed by atoms with Crippen molar-refractivity contribution < 1.29 is 26.4 Å². The fourth-order valence-electron chi connectivity index (χ4n) is 4.22. The molecule has 28 heavy (non-hydrogen) atoms. The highest BCUT2D eigenvalue weighted by Gasteiger charge is 2.55. The van der Waals surface area contributed by atoms with Crippen LogP contribution in [0.4, 0.5) is 18.0 Å². The van der Waals surface area contributed by atoms with E-state index in [0.717, 1.165) is 12.8 Å². The molecule has 0 bridgehead atoms. The lowest BCUT2D eigenvalue weighted by atomic mass is 9.90. The monoisotopic (exact) mass is 443 g/mol. The third-order valence-electron chi connectivity index (χ3n) is 6.09. The summed E-state index contributed by atoms with van der Waals surface area (Å²) in [6, 6.07) is -1.05. The molecule has 2 amide bonds. The number of nitrogens with one attached hydrogen (secondary N) is 3. The Labute approximate surface area is 166 Å². The van der Waals surface area contributed by atoms with Gasteiger partial charge in [-0.3, -0.25) is 4.90 Å². The van der Waals surface area contributed by atoms with E-state index in [-0.39, 0.29) is 24.0 Å². The second-order valence-corrected chi connectivity index (χ2v) is 11.4. The standard InChI is InChI=1S/C15H24F3N5O3S2/c1-14(5-6-14)21-28(25,26)8-3-4-9-10(7-8)23(13(24)22(9)2)12-20-19-11(27-12)15(16,17)18/h8-12,19-21H,3-7H2,1-2H3. The van der Waals surface area contributed by atoms with Crippen molar-refractivity contribution in [1.82, 2.24) is 25.4 Å². The van der Waals surface area contributed by atoms with E-state index in [4.69, 9.17) is 0 Å². The van der Waals surface area contributed by atoms with Gasteiger partial charge in [-0.2, -0.15) is 13.2 Å². The smallest absolute Gasteiger partial charge is 0.323 e. The number of amides is 2. The molecule has 3 N–H and O–H groups in total. The van der Waals surface area contributed by atoms with Crippen LogP contribution in [0.5, 0.6) is 0 Å². The molecule has 4 aliphatic rings. The molecule has 2 saturated carbocycles. The number of likely N-dealkylation sites (N-methyl/N-ethyl adjacent to an activating group) is 1. The zero-order valence-corrected chi connectivity index (χ0v) is 17.1. The Bertz CT molecular complexity index is 761. The number of halogens is 3. The summed E-state index contributed by atoms with van der Waals surface area (Å²) in [4.78, 5) is 15.6. The summed E-state index contributed by atoms with van der Waals surface area (Å²) in [6.07, 6.45) is -1.73. The molecule has 13 heteroatoms. The summed E-state index contributed by atoms with van der Waals surface area (Å²) >= 11 is 0.571. The molecule has 2 aliphatic heterocycles. The first-order valence-corrected chi connectivity index (χ1v) is 11.7.